The molecule has 1 spiro atoms. The molecule has 3 heterocycles. The molecule has 0 bridgehead atoms. The average molecular weight is 906 g/mol. The van der Waals surface area contributed by atoms with Crippen molar-refractivity contribution in [2.75, 3.05) is 32.3 Å². The first-order chi connectivity index (χ1) is 32.5. The Hall–Kier alpha value is -7.80. The van der Waals surface area contributed by atoms with Crippen LogP contribution >= 0.6 is 0 Å². The summed E-state index contributed by atoms with van der Waals surface area (Å²) in [5, 5.41) is 24.3. The minimum atomic E-state index is -2.27. The van der Waals surface area contributed by atoms with E-state index in [1.807, 2.05) is 66.7 Å². The Morgan fingerprint density at radius 2 is 1.42 bits per heavy atom. The molecule has 0 saturated carbocycles. The largest absolute Gasteiger partial charge is 0.491 e. The van der Waals surface area contributed by atoms with Crippen LogP contribution in [0.25, 0.3) is 0 Å². The summed E-state index contributed by atoms with van der Waals surface area (Å²) in [6.45, 7) is 1.36. The van der Waals surface area contributed by atoms with Crippen LogP contribution in [0.15, 0.2) is 133 Å². The quantitative estimate of drug-likeness (QED) is 0.0573. The number of ether oxygens (including phenoxy) is 4. The van der Waals surface area contributed by atoms with Crippen molar-refractivity contribution in [3.63, 3.8) is 0 Å². The van der Waals surface area contributed by atoms with Crippen LogP contribution in [-0.4, -0.2) is 84.4 Å². The van der Waals surface area contributed by atoms with Gasteiger partial charge in [0.25, 0.3) is 0 Å². The van der Waals surface area contributed by atoms with E-state index in [2.05, 4.69) is 17.2 Å². The number of aliphatic hydroxyl groups is 1. The van der Waals surface area contributed by atoms with E-state index < -0.39 is 83.3 Å². The normalized spacial score (nSPS) is 22.2. The number of benzene rings is 5. The highest BCUT2D eigenvalue weighted by Gasteiger charge is 2.76. The fourth-order valence-electron chi connectivity index (χ4n) is 9.78. The molecule has 342 valence electrons. The van der Waals surface area contributed by atoms with Crippen LogP contribution in [0.5, 0.6) is 5.75 Å². The Bertz CT molecular complexity index is 2740. The Morgan fingerprint density at radius 3 is 2.04 bits per heavy atom. The summed E-state index contributed by atoms with van der Waals surface area (Å²) in [6.07, 6.45) is -1.32. The maximum Gasteiger partial charge on any atom is 0.329 e. The summed E-state index contributed by atoms with van der Waals surface area (Å²) in [6, 6.07) is 33.1. The molecule has 0 aromatic heterocycles. The highest BCUT2D eigenvalue weighted by atomic mass is 16.6. The van der Waals surface area contributed by atoms with Crippen LogP contribution in [0.4, 0.5) is 10.5 Å². The Morgan fingerprint density at radius 1 is 0.791 bits per heavy atom. The highest BCUT2D eigenvalue weighted by Crippen LogP contribution is 2.66. The molecule has 7 atom stereocenters. The molecule has 15 nitrogen and oxygen atoms in total. The van der Waals surface area contributed by atoms with E-state index in [4.69, 9.17) is 18.9 Å². The van der Waals surface area contributed by atoms with Gasteiger partial charge < -0.3 is 34.5 Å². The van der Waals surface area contributed by atoms with E-state index in [-0.39, 0.29) is 42.2 Å². The molecule has 5 aromatic rings. The third-order valence-electron chi connectivity index (χ3n) is 12.6. The van der Waals surface area contributed by atoms with Crippen molar-refractivity contribution in [3.8, 4) is 17.6 Å². The Balaban J connectivity index is 1.40. The number of urea groups is 1. The van der Waals surface area contributed by atoms with Gasteiger partial charge in [0.1, 0.15) is 35.8 Å². The summed E-state index contributed by atoms with van der Waals surface area (Å²) < 4.78 is 21.9. The predicted octanol–water partition coefficient (Wildman–Crippen LogP) is 5.98. The number of carboxylic acid groups (broad SMARTS) is 1. The Labute approximate surface area is 386 Å². The van der Waals surface area contributed by atoms with Crippen molar-refractivity contribution in [1.29, 1.82) is 0 Å². The maximum atomic E-state index is 16.2. The fourth-order valence-corrected chi connectivity index (χ4v) is 9.78. The van der Waals surface area contributed by atoms with Gasteiger partial charge in [0, 0.05) is 12.0 Å². The first-order valence-corrected chi connectivity index (χ1v) is 21.6. The number of methoxy groups -OCH3 is 2. The lowest BCUT2D eigenvalue weighted by Gasteiger charge is -2.46. The number of hydrogen-bond acceptors (Lipinski definition) is 12. The molecule has 15 heteroatoms. The average Bonchev–Trinajstić information content (AvgIpc) is 3.81. The lowest BCUT2D eigenvalue weighted by atomic mass is 9.65. The van der Waals surface area contributed by atoms with Crippen molar-refractivity contribution >= 4 is 41.5 Å². The molecule has 67 heavy (non-hydrogen) atoms. The number of nitrogens with one attached hydrogen (secondary N) is 1. The van der Waals surface area contributed by atoms with Crippen LogP contribution in [0.3, 0.4) is 0 Å². The SMILES string of the molecule is COC(=O)C(CC#Cc1ccc2c(c1)[C@]1(C(=O)N2C(=O)N[C@H](C)c2ccccc2)[C@H](c2cccc(OCCO)c2)N2[C@H](c3ccccc3)[C@H](c3ccccc3)OC(=O)[C@H]2[C@@H]1C(=O)O)C(=O)OC. The van der Waals surface area contributed by atoms with Gasteiger partial charge in [0.15, 0.2) is 5.92 Å². The number of amides is 3. The van der Waals surface area contributed by atoms with Crippen LogP contribution in [0, 0.1) is 23.7 Å². The van der Waals surface area contributed by atoms with Gasteiger partial charge in [0.05, 0.1) is 44.6 Å². The second-order valence-corrected chi connectivity index (χ2v) is 16.3. The van der Waals surface area contributed by atoms with Gasteiger partial charge in [-0.15, -0.1) is 0 Å². The minimum Gasteiger partial charge on any atom is -0.491 e. The lowest BCUT2D eigenvalue weighted by Crippen LogP contribution is -2.54. The molecule has 3 amide bonds. The first kappa shape index (κ1) is 45.8. The molecule has 0 radical (unpaired) electrons. The van der Waals surface area contributed by atoms with Gasteiger partial charge in [-0.3, -0.25) is 28.9 Å². The minimum absolute atomic E-state index is 0.0447. The van der Waals surface area contributed by atoms with E-state index in [1.165, 1.54) is 18.2 Å². The summed E-state index contributed by atoms with van der Waals surface area (Å²) >= 11 is 0. The molecular weight excluding hydrogens is 859 g/mol. The number of imide groups is 1. The Kier molecular flexibility index (Phi) is 13.2. The molecule has 0 unspecified atom stereocenters. The number of carbonyl (C=O) groups is 6. The van der Waals surface area contributed by atoms with Gasteiger partial charge in [-0.2, -0.15) is 0 Å². The predicted molar refractivity (Wildman–Crippen MR) is 241 cm³/mol. The van der Waals surface area contributed by atoms with Crippen molar-refractivity contribution in [2.24, 2.45) is 11.8 Å². The topological polar surface area (TPSA) is 198 Å². The van der Waals surface area contributed by atoms with E-state index in [9.17, 15) is 34.2 Å². The van der Waals surface area contributed by atoms with E-state index in [0.29, 0.717) is 16.7 Å². The molecule has 5 aromatic carbocycles. The third-order valence-corrected chi connectivity index (χ3v) is 12.6. The number of fused-ring (bicyclic) bond motifs is 3. The van der Waals surface area contributed by atoms with Crippen LogP contribution in [0.2, 0.25) is 0 Å². The van der Waals surface area contributed by atoms with E-state index in [1.54, 1.807) is 60.4 Å². The zero-order valence-corrected chi connectivity index (χ0v) is 36.7. The van der Waals surface area contributed by atoms with Crippen molar-refractivity contribution < 1.29 is 57.9 Å². The molecule has 2 fully saturated rings. The van der Waals surface area contributed by atoms with Crippen molar-refractivity contribution in [1.82, 2.24) is 10.2 Å². The molecule has 8 rings (SSSR count). The number of rotatable bonds is 12. The zero-order valence-electron chi connectivity index (χ0n) is 36.7. The van der Waals surface area contributed by atoms with Gasteiger partial charge in [0.2, 0.25) is 5.91 Å². The van der Waals surface area contributed by atoms with Gasteiger partial charge in [-0.05, 0) is 65.1 Å². The number of aliphatic hydroxyl groups excluding tert-OH is 1. The molecule has 2 saturated heterocycles. The zero-order chi connectivity index (χ0) is 47.4. The van der Waals surface area contributed by atoms with E-state index in [0.717, 1.165) is 24.7 Å². The lowest BCUT2D eigenvalue weighted by molar-refractivity contribution is -0.179. The monoisotopic (exact) mass is 905 g/mol. The smallest absolute Gasteiger partial charge is 0.329 e. The summed E-state index contributed by atoms with van der Waals surface area (Å²) in [5.41, 5.74) is 0.438. The number of cyclic esters (lactones) is 1. The summed E-state index contributed by atoms with van der Waals surface area (Å²) in [4.78, 5) is 88.1. The van der Waals surface area contributed by atoms with Crippen molar-refractivity contribution in [2.45, 2.75) is 49.0 Å². The molecule has 0 aliphatic carbocycles. The number of aliphatic carboxylic acids is 1. The molecule has 3 aliphatic rings. The number of esters is 3. The van der Waals surface area contributed by atoms with Gasteiger partial charge in [-0.25, -0.2) is 9.69 Å². The number of nitrogens with zero attached hydrogens (tertiary/aromatic N) is 2. The van der Waals surface area contributed by atoms with Gasteiger partial charge >= 0.3 is 29.9 Å². The number of carbonyl (C=O) groups excluding carboxylic acids is 5. The summed E-state index contributed by atoms with van der Waals surface area (Å²) in [5.74, 6) is -2.24. The maximum absolute atomic E-state index is 16.2. The molecule has 3 aliphatic heterocycles. The fraction of sp³-hybridized carbons (Fsp3) is 0.269. The second-order valence-electron chi connectivity index (χ2n) is 16.3. The number of anilines is 1. The number of hydrogen-bond donors (Lipinski definition) is 3. The highest BCUT2D eigenvalue weighted by molar-refractivity contribution is 6.24. The first-order valence-electron chi connectivity index (χ1n) is 21.6. The number of carboxylic acids is 1. The van der Waals surface area contributed by atoms with Crippen LogP contribution in [-0.2, 0) is 43.6 Å². The van der Waals surface area contributed by atoms with Gasteiger partial charge in [-0.1, -0.05) is 115 Å². The third kappa shape index (κ3) is 8.26. The summed E-state index contributed by atoms with van der Waals surface area (Å²) in [7, 11) is 2.26. The van der Waals surface area contributed by atoms with Crippen LogP contribution in [0.1, 0.15) is 71.0 Å². The number of morpholine rings is 1. The second kappa shape index (κ2) is 19.4. The van der Waals surface area contributed by atoms with Crippen LogP contribution < -0.4 is 15.0 Å². The van der Waals surface area contributed by atoms with E-state index >= 15 is 4.79 Å². The molecule has 3 N–H and O–H groups in total. The standard InChI is InChI=1S/C52H47N3O12/c1-31(33-16-7-4-8-17-33)53-51(63)54-40-26-25-32(15-13-24-38(47(59)64-2)48(60)65-3)29-39(40)52(50(54)62)41(46(57)58)43-49(61)67-44(35-20-11-6-12-21-35)42(34-18-9-5-10-19-34)55(43)45(52)36-22-14-23-37(30-36)66-28-27-56/h4-12,14,16-23,25-26,29-31,38,41-45,56H,24,27-28H2,1-3H3,(H,53,63)(H,57,58)/t31-,41-,42-,43-,44+,45+,52-/m1/s1. The van der Waals surface area contributed by atoms with Crippen molar-refractivity contribution in [3.05, 3.63) is 167 Å². The molecular formula is C52H47N3O12.